The van der Waals surface area contributed by atoms with Gasteiger partial charge in [0.25, 0.3) is 5.91 Å². The minimum atomic E-state index is -1.51. The zero-order chi connectivity index (χ0) is 19.4. The Morgan fingerprint density at radius 1 is 0.963 bits per heavy atom. The number of benzene rings is 2. The van der Waals surface area contributed by atoms with Crippen molar-refractivity contribution in [1.29, 1.82) is 0 Å². The summed E-state index contributed by atoms with van der Waals surface area (Å²) in [6.45, 7) is -0.532. The van der Waals surface area contributed by atoms with E-state index in [0.717, 1.165) is 0 Å². The molecule has 5 N–H and O–H groups in total. The molecule has 144 valence electrons. The number of nitrogens with one attached hydrogen (secondary N) is 1. The molecule has 1 aliphatic rings. The highest BCUT2D eigenvalue weighted by molar-refractivity contribution is 6.04. The second-order valence-corrected chi connectivity index (χ2v) is 6.16. The second-order valence-electron chi connectivity index (χ2n) is 6.16. The predicted molar refractivity (Wildman–Crippen MR) is 95.2 cm³/mol. The first-order valence-corrected chi connectivity index (χ1v) is 8.43. The third kappa shape index (κ3) is 4.44. The van der Waals surface area contributed by atoms with Crippen molar-refractivity contribution < 1.29 is 34.7 Å². The summed E-state index contributed by atoms with van der Waals surface area (Å²) in [7, 11) is 0. The van der Waals surface area contributed by atoms with Gasteiger partial charge in [-0.1, -0.05) is 18.2 Å². The molecule has 0 aliphatic carbocycles. The summed E-state index contributed by atoms with van der Waals surface area (Å²) in [5.74, 6) is 0.0650. The first-order valence-electron chi connectivity index (χ1n) is 8.43. The number of hydrogen-bond donors (Lipinski definition) is 5. The van der Waals surface area contributed by atoms with Crippen LogP contribution >= 0.6 is 0 Å². The quantitative estimate of drug-likeness (QED) is 0.502. The van der Waals surface area contributed by atoms with Crippen LogP contribution in [-0.2, 0) is 4.74 Å². The van der Waals surface area contributed by atoms with E-state index in [2.05, 4.69) is 5.32 Å². The Labute approximate surface area is 155 Å². The van der Waals surface area contributed by atoms with Gasteiger partial charge in [0.05, 0.1) is 6.61 Å². The average Bonchev–Trinajstić information content (AvgIpc) is 2.70. The van der Waals surface area contributed by atoms with Crippen molar-refractivity contribution in [2.24, 2.45) is 0 Å². The van der Waals surface area contributed by atoms with E-state index in [1.165, 1.54) is 0 Å². The Balaban J connectivity index is 1.63. The van der Waals surface area contributed by atoms with Crippen LogP contribution in [0, 0.1) is 0 Å². The lowest BCUT2D eigenvalue weighted by atomic mass is 9.99. The predicted octanol–water partition coefficient (Wildman–Crippen LogP) is 0.118. The van der Waals surface area contributed by atoms with Crippen molar-refractivity contribution in [2.45, 2.75) is 30.7 Å². The van der Waals surface area contributed by atoms with Gasteiger partial charge in [-0.2, -0.15) is 0 Å². The van der Waals surface area contributed by atoms with Crippen LogP contribution in [0.1, 0.15) is 10.4 Å². The van der Waals surface area contributed by atoms with E-state index in [4.69, 9.17) is 9.47 Å². The maximum atomic E-state index is 12.1. The number of rotatable bonds is 5. The maximum absolute atomic E-state index is 12.1. The second kappa shape index (κ2) is 8.47. The van der Waals surface area contributed by atoms with E-state index >= 15 is 0 Å². The Bertz CT molecular complexity index is 750. The Hall–Kier alpha value is -2.49. The zero-order valence-electron chi connectivity index (χ0n) is 14.3. The molecule has 0 aromatic heterocycles. The molecule has 1 fully saturated rings. The summed E-state index contributed by atoms with van der Waals surface area (Å²) in [5, 5.41) is 41.5. The molecule has 5 atom stereocenters. The van der Waals surface area contributed by atoms with E-state index in [1.807, 2.05) is 6.07 Å². The van der Waals surface area contributed by atoms with Crippen LogP contribution in [0.25, 0.3) is 0 Å². The number of carbonyl (C=O) groups excluding carboxylic acids is 1. The van der Waals surface area contributed by atoms with Gasteiger partial charge in [0.15, 0.2) is 0 Å². The topological polar surface area (TPSA) is 128 Å². The van der Waals surface area contributed by atoms with Crippen molar-refractivity contribution in [2.75, 3.05) is 11.9 Å². The molecule has 0 saturated carbocycles. The third-order valence-corrected chi connectivity index (χ3v) is 4.25. The first-order chi connectivity index (χ1) is 13.0. The molecule has 1 heterocycles. The van der Waals surface area contributed by atoms with Crippen molar-refractivity contribution in [3.8, 4) is 5.75 Å². The molecule has 0 bridgehead atoms. The summed E-state index contributed by atoms with van der Waals surface area (Å²) < 4.78 is 10.8. The molecular weight excluding hydrogens is 354 g/mol. The molecular formula is C19H21NO7. The van der Waals surface area contributed by atoms with Gasteiger partial charge in [-0.05, 0) is 36.4 Å². The van der Waals surface area contributed by atoms with Crippen molar-refractivity contribution in [1.82, 2.24) is 0 Å². The Morgan fingerprint density at radius 2 is 1.63 bits per heavy atom. The average molecular weight is 375 g/mol. The van der Waals surface area contributed by atoms with Gasteiger partial charge in [-0.15, -0.1) is 0 Å². The first kappa shape index (κ1) is 19.3. The molecule has 1 amide bonds. The van der Waals surface area contributed by atoms with E-state index in [-0.39, 0.29) is 5.91 Å². The highest BCUT2D eigenvalue weighted by Crippen LogP contribution is 2.25. The lowest BCUT2D eigenvalue weighted by molar-refractivity contribution is -0.277. The van der Waals surface area contributed by atoms with Crippen LogP contribution in [0.5, 0.6) is 5.75 Å². The monoisotopic (exact) mass is 375 g/mol. The lowest BCUT2D eigenvalue weighted by Gasteiger charge is -2.39. The fraction of sp³-hybridized carbons (Fsp3) is 0.316. The highest BCUT2D eigenvalue weighted by Gasteiger charge is 2.44. The van der Waals surface area contributed by atoms with Gasteiger partial charge < -0.3 is 35.2 Å². The number of aliphatic hydroxyl groups is 4. The van der Waals surface area contributed by atoms with Crippen molar-refractivity contribution in [3.63, 3.8) is 0 Å². The van der Waals surface area contributed by atoms with Gasteiger partial charge in [0.2, 0.25) is 6.29 Å². The summed E-state index contributed by atoms with van der Waals surface area (Å²) in [6.07, 6.45) is -6.74. The molecule has 3 rings (SSSR count). The molecule has 1 aliphatic heterocycles. The third-order valence-electron chi connectivity index (χ3n) is 4.25. The largest absolute Gasteiger partial charge is 0.462 e. The number of amides is 1. The fourth-order valence-corrected chi connectivity index (χ4v) is 2.71. The Morgan fingerprint density at radius 3 is 2.26 bits per heavy atom. The summed E-state index contributed by atoms with van der Waals surface area (Å²) in [4.78, 5) is 12.1. The molecule has 0 unspecified atom stereocenters. The minimum absolute atomic E-state index is 0.252. The molecule has 8 heteroatoms. The molecule has 2 aromatic carbocycles. The van der Waals surface area contributed by atoms with E-state index in [0.29, 0.717) is 17.0 Å². The van der Waals surface area contributed by atoms with Crippen LogP contribution in [0.3, 0.4) is 0 Å². The smallest absolute Gasteiger partial charge is 0.255 e. The van der Waals surface area contributed by atoms with Crippen LogP contribution in [0.4, 0.5) is 5.69 Å². The maximum Gasteiger partial charge on any atom is 0.255 e. The lowest BCUT2D eigenvalue weighted by Crippen LogP contribution is -2.60. The van der Waals surface area contributed by atoms with Crippen molar-refractivity contribution in [3.05, 3.63) is 60.2 Å². The van der Waals surface area contributed by atoms with E-state index in [1.54, 1.807) is 48.5 Å². The number of aliphatic hydroxyl groups excluding tert-OH is 4. The molecule has 1 saturated heterocycles. The molecule has 0 spiro atoms. The molecule has 8 nitrogen and oxygen atoms in total. The molecule has 2 aromatic rings. The molecule has 0 radical (unpaired) electrons. The number of ether oxygens (including phenoxy) is 2. The van der Waals surface area contributed by atoms with Crippen LogP contribution < -0.4 is 10.1 Å². The van der Waals surface area contributed by atoms with Gasteiger partial charge in [0, 0.05) is 11.3 Å². The summed E-state index contributed by atoms with van der Waals surface area (Å²) in [5.41, 5.74) is 1.07. The standard InChI is InChI=1S/C19H21NO7/c21-10-14-15(22)16(23)17(24)19(27-14)26-13-8-6-12(7-9-13)20-18(25)11-4-2-1-3-5-11/h1-9,14-17,19,21-24H,10H2,(H,20,25)/t14-,15-,16+,17+,19+/m1/s1. The van der Waals surface area contributed by atoms with Crippen LogP contribution in [0.2, 0.25) is 0 Å². The normalized spacial score (nSPS) is 27.8. The number of carbonyl (C=O) groups is 1. The van der Waals surface area contributed by atoms with Gasteiger partial charge in [-0.25, -0.2) is 0 Å². The summed E-state index contributed by atoms with van der Waals surface area (Å²) >= 11 is 0. The minimum Gasteiger partial charge on any atom is -0.462 e. The van der Waals surface area contributed by atoms with E-state index in [9.17, 15) is 25.2 Å². The number of anilines is 1. The molecule has 27 heavy (non-hydrogen) atoms. The van der Waals surface area contributed by atoms with Crippen LogP contribution in [0.15, 0.2) is 54.6 Å². The van der Waals surface area contributed by atoms with Crippen molar-refractivity contribution >= 4 is 11.6 Å². The zero-order valence-corrected chi connectivity index (χ0v) is 14.3. The fourth-order valence-electron chi connectivity index (χ4n) is 2.71. The number of hydrogen-bond acceptors (Lipinski definition) is 7. The highest BCUT2D eigenvalue weighted by atomic mass is 16.7. The Kier molecular flexibility index (Phi) is 6.04. The summed E-state index contributed by atoms with van der Waals surface area (Å²) in [6, 6.07) is 15.1. The van der Waals surface area contributed by atoms with Crippen LogP contribution in [-0.4, -0.2) is 63.6 Å². The van der Waals surface area contributed by atoms with E-state index < -0.39 is 37.3 Å². The SMILES string of the molecule is O=C(Nc1ccc(O[C@H]2O[C@H](CO)[C@@H](O)[C@H](O)[C@@H]2O)cc1)c1ccccc1. The van der Waals surface area contributed by atoms with Gasteiger partial charge in [-0.3, -0.25) is 4.79 Å². The van der Waals surface area contributed by atoms with Gasteiger partial charge >= 0.3 is 0 Å². The van der Waals surface area contributed by atoms with Gasteiger partial charge in [0.1, 0.15) is 30.2 Å².